The number of aliphatic hydroxyl groups is 1. The van der Waals surface area contributed by atoms with Crippen molar-refractivity contribution in [3.63, 3.8) is 0 Å². The first-order valence-electron chi connectivity index (χ1n) is 6.31. The summed E-state index contributed by atoms with van der Waals surface area (Å²) in [5.41, 5.74) is -0.512. The number of hydrogen-bond acceptors (Lipinski definition) is 3. The van der Waals surface area contributed by atoms with Crippen LogP contribution >= 0.6 is 0 Å². The zero-order valence-electron chi connectivity index (χ0n) is 11.8. The van der Waals surface area contributed by atoms with E-state index in [9.17, 15) is 18.3 Å². The van der Waals surface area contributed by atoms with Crippen LogP contribution in [-0.4, -0.2) is 30.0 Å². The molecule has 1 atom stereocenters. The summed E-state index contributed by atoms with van der Waals surface area (Å²) in [7, 11) is 0. The van der Waals surface area contributed by atoms with E-state index in [0.717, 1.165) is 12.1 Å². The molecule has 20 heavy (non-hydrogen) atoms. The predicted octanol–water partition coefficient (Wildman–Crippen LogP) is 3.29. The Balaban J connectivity index is 2.42. The van der Waals surface area contributed by atoms with E-state index < -0.39 is 17.8 Å². The summed E-state index contributed by atoms with van der Waals surface area (Å²) in [6.45, 7) is 6.01. The molecule has 0 fully saturated rings. The van der Waals surface area contributed by atoms with Gasteiger partial charge in [-0.25, -0.2) is 0 Å². The number of aliphatic hydroxyl groups excluding tert-OH is 1. The summed E-state index contributed by atoms with van der Waals surface area (Å²) in [4.78, 5) is 0. The average Bonchev–Trinajstić information content (AvgIpc) is 2.32. The Morgan fingerprint density at radius 2 is 1.70 bits per heavy atom. The minimum absolute atomic E-state index is 0.164. The Labute approximate surface area is 116 Å². The van der Waals surface area contributed by atoms with Gasteiger partial charge >= 0.3 is 6.18 Å². The molecule has 1 rings (SSSR count). The lowest BCUT2D eigenvalue weighted by Gasteiger charge is -2.22. The number of halogens is 3. The summed E-state index contributed by atoms with van der Waals surface area (Å²) in [5.74, 6) is 0. The molecular weight excluding hydrogens is 271 g/mol. The van der Waals surface area contributed by atoms with Gasteiger partial charge in [-0.05, 0) is 45.0 Å². The van der Waals surface area contributed by atoms with Crippen molar-refractivity contribution >= 4 is 5.69 Å². The number of nitrogens with one attached hydrogen (secondary N) is 1. The van der Waals surface area contributed by atoms with Crippen LogP contribution in [-0.2, 0) is 10.9 Å². The average molecular weight is 291 g/mol. The molecule has 0 amide bonds. The maximum absolute atomic E-state index is 12.4. The molecule has 0 saturated carbocycles. The second-order valence-corrected chi connectivity index (χ2v) is 5.53. The van der Waals surface area contributed by atoms with Crippen molar-refractivity contribution in [1.29, 1.82) is 0 Å². The van der Waals surface area contributed by atoms with Crippen LogP contribution in [0.15, 0.2) is 24.3 Å². The zero-order valence-corrected chi connectivity index (χ0v) is 11.8. The van der Waals surface area contributed by atoms with E-state index in [1.165, 1.54) is 12.1 Å². The van der Waals surface area contributed by atoms with Gasteiger partial charge in [0.15, 0.2) is 0 Å². The van der Waals surface area contributed by atoms with E-state index in [1.54, 1.807) is 0 Å². The second kappa shape index (κ2) is 6.45. The van der Waals surface area contributed by atoms with E-state index >= 15 is 0 Å². The van der Waals surface area contributed by atoms with Crippen molar-refractivity contribution in [2.75, 3.05) is 18.5 Å². The van der Waals surface area contributed by atoms with Crippen LogP contribution in [0.5, 0.6) is 0 Å². The van der Waals surface area contributed by atoms with Crippen LogP contribution in [0.4, 0.5) is 18.9 Å². The van der Waals surface area contributed by atoms with Crippen molar-refractivity contribution in [3.05, 3.63) is 29.8 Å². The quantitative estimate of drug-likeness (QED) is 0.874. The fraction of sp³-hybridized carbons (Fsp3) is 0.571. The predicted molar refractivity (Wildman–Crippen MR) is 71.6 cm³/mol. The standard InChI is InChI=1S/C14H20F3NO2/c1-13(2,3)20-9-12(19)8-18-11-6-4-10(5-7-11)14(15,16)17/h4-7,12,18-19H,8-9H2,1-3H3. The van der Waals surface area contributed by atoms with Gasteiger partial charge in [0.25, 0.3) is 0 Å². The lowest BCUT2D eigenvalue weighted by Crippen LogP contribution is -2.30. The monoisotopic (exact) mass is 291 g/mol. The third-order valence-electron chi connectivity index (χ3n) is 2.46. The highest BCUT2D eigenvalue weighted by molar-refractivity contribution is 5.45. The Kier molecular flexibility index (Phi) is 5.42. The van der Waals surface area contributed by atoms with Crippen molar-refractivity contribution in [2.45, 2.75) is 38.7 Å². The number of rotatable bonds is 5. The van der Waals surface area contributed by atoms with Crippen molar-refractivity contribution < 1.29 is 23.0 Å². The smallest absolute Gasteiger partial charge is 0.389 e. The van der Waals surface area contributed by atoms with E-state index in [-0.39, 0.29) is 18.8 Å². The molecule has 0 aliphatic rings. The summed E-state index contributed by atoms with van der Waals surface area (Å²) in [6, 6.07) is 4.67. The van der Waals surface area contributed by atoms with Crippen LogP contribution in [0.2, 0.25) is 0 Å². The molecule has 0 heterocycles. The Hall–Kier alpha value is -1.27. The van der Waals surface area contributed by atoms with E-state index in [2.05, 4.69) is 5.32 Å². The molecule has 0 aliphatic carbocycles. The molecule has 1 unspecified atom stereocenters. The molecule has 1 aromatic rings. The second-order valence-electron chi connectivity index (χ2n) is 5.53. The number of alkyl halides is 3. The van der Waals surface area contributed by atoms with Crippen molar-refractivity contribution in [2.24, 2.45) is 0 Å². The van der Waals surface area contributed by atoms with Gasteiger partial charge in [0.2, 0.25) is 0 Å². The maximum Gasteiger partial charge on any atom is 0.416 e. The molecule has 114 valence electrons. The van der Waals surface area contributed by atoms with E-state index in [0.29, 0.717) is 5.69 Å². The van der Waals surface area contributed by atoms with Gasteiger partial charge < -0.3 is 15.2 Å². The van der Waals surface area contributed by atoms with Crippen LogP contribution in [0.25, 0.3) is 0 Å². The first kappa shape index (κ1) is 16.8. The molecule has 0 aromatic heterocycles. The summed E-state index contributed by atoms with van der Waals surface area (Å²) >= 11 is 0. The third-order valence-corrected chi connectivity index (χ3v) is 2.46. The summed E-state index contributed by atoms with van der Waals surface area (Å²) in [6.07, 6.45) is -5.06. The molecule has 0 aliphatic heterocycles. The van der Waals surface area contributed by atoms with Gasteiger partial charge in [-0.2, -0.15) is 13.2 Å². The molecule has 0 bridgehead atoms. The van der Waals surface area contributed by atoms with Crippen LogP contribution in [0.3, 0.4) is 0 Å². The third kappa shape index (κ3) is 6.25. The fourth-order valence-electron chi connectivity index (χ4n) is 1.42. The van der Waals surface area contributed by atoms with E-state index in [1.807, 2.05) is 20.8 Å². The molecule has 2 N–H and O–H groups in total. The molecule has 0 spiro atoms. The summed E-state index contributed by atoms with van der Waals surface area (Å²) in [5, 5.41) is 12.6. The fourth-order valence-corrected chi connectivity index (χ4v) is 1.42. The lowest BCUT2D eigenvalue weighted by molar-refractivity contribution is -0.137. The van der Waals surface area contributed by atoms with Crippen molar-refractivity contribution in [3.8, 4) is 0 Å². The maximum atomic E-state index is 12.4. The highest BCUT2D eigenvalue weighted by Crippen LogP contribution is 2.29. The molecule has 1 aromatic carbocycles. The normalized spacial score (nSPS) is 14.2. The number of ether oxygens (including phenoxy) is 1. The first-order chi connectivity index (χ1) is 9.08. The minimum atomic E-state index is -4.33. The SMILES string of the molecule is CC(C)(C)OCC(O)CNc1ccc(C(F)(F)F)cc1. The first-order valence-corrected chi connectivity index (χ1v) is 6.31. The van der Waals surface area contributed by atoms with Crippen LogP contribution in [0.1, 0.15) is 26.3 Å². The Bertz CT molecular complexity index is 410. The van der Waals surface area contributed by atoms with Crippen LogP contribution < -0.4 is 5.32 Å². The van der Waals surface area contributed by atoms with E-state index in [4.69, 9.17) is 4.74 Å². The van der Waals surface area contributed by atoms with Gasteiger partial charge in [-0.3, -0.25) is 0 Å². The zero-order chi connectivity index (χ0) is 15.4. The molecule has 6 heteroatoms. The highest BCUT2D eigenvalue weighted by atomic mass is 19.4. The molecule has 3 nitrogen and oxygen atoms in total. The molecular formula is C14H20F3NO2. The number of hydrogen-bond donors (Lipinski definition) is 2. The largest absolute Gasteiger partial charge is 0.416 e. The lowest BCUT2D eigenvalue weighted by atomic mass is 10.2. The van der Waals surface area contributed by atoms with Gasteiger partial charge in [-0.1, -0.05) is 0 Å². The van der Waals surface area contributed by atoms with Gasteiger partial charge in [-0.15, -0.1) is 0 Å². The Morgan fingerprint density at radius 3 is 2.15 bits per heavy atom. The summed E-state index contributed by atoms with van der Waals surface area (Å²) < 4.78 is 42.5. The van der Waals surface area contributed by atoms with Gasteiger partial charge in [0, 0.05) is 12.2 Å². The van der Waals surface area contributed by atoms with Gasteiger partial charge in [0.1, 0.15) is 0 Å². The highest BCUT2D eigenvalue weighted by Gasteiger charge is 2.29. The van der Waals surface area contributed by atoms with Crippen molar-refractivity contribution in [1.82, 2.24) is 0 Å². The Morgan fingerprint density at radius 1 is 1.15 bits per heavy atom. The molecule has 0 saturated heterocycles. The number of benzene rings is 1. The van der Waals surface area contributed by atoms with Crippen LogP contribution in [0, 0.1) is 0 Å². The minimum Gasteiger partial charge on any atom is -0.389 e. The van der Waals surface area contributed by atoms with Gasteiger partial charge in [0.05, 0.1) is 23.9 Å². The number of anilines is 1. The topological polar surface area (TPSA) is 41.5 Å². The molecule has 0 radical (unpaired) electrons.